The number of carbonyl (C=O) groups is 2. The molecule has 0 aromatic heterocycles. The zero-order chi connectivity index (χ0) is 25.5. The topological polar surface area (TPSA) is 90.0 Å². The molecule has 0 saturated heterocycles. The van der Waals surface area contributed by atoms with Crippen molar-refractivity contribution in [2.75, 3.05) is 24.9 Å². The number of benzene rings is 2. The van der Waals surface area contributed by atoms with Crippen molar-refractivity contribution in [3.63, 3.8) is 0 Å². The lowest BCUT2D eigenvalue weighted by Gasteiger charge is -2.34. The lowest BCUT2D eigenvalue weighted by Crippen LogP contribution is -2.54. The highest BCUT2D eigenvalue weighted by Gasteiger charge is 2.33. The fraction of sp³-hybridized carbons (Fsp3) is 0.417. The second kappa shape index (κ2) is 11.9. The maximum Gasteiger partial charge on any atom is 0.304 e. The van der Waals surface area contributed by atoms with Crippen molar-refractivity contribution >= 4 is 27.7 Å². The fourth-order valence-corrected chi connectivity index (χ4v) is 4.45. The number of halogens is 1. The van der Waals surface area contributed by atoms with Gasteiger partial charge in [0.25, 0.3) is 0 Å². The minimum absolute atomic E-state index is 0.0216. The zero-order valence-electron chi connectivity index (χ0n) is 20.2. The maximum atomic E-state index is 13.6. The van der Waals surface area contributed by atoms with Crippen molar-refractivity contribution in [3.05, 3.63) is 66.0 Å². The molecule has 2 amide bonds. The third kappa shape index (κ3) is 7.01. The van der Waals surface area contributed by atoms with E-state index in [9.17, 15) is 22.4 Å². The first kappa shape index (κ1) is 27.3. The Bertz CT molecular complexity index is 1060. The van der Waals surface area contributed by atoms with Crippen LogP contribution in [0.15, 0.2) is 54.6 Å². The van der Waals surface area contributed by atoms with Gasteiger partial charge in [0.2, 0.25) is 11.8 Å². The Morgan fingerprint density at radius 2 is 1.59 bits per heavy atom. The first-order valence-corrected chi connectivity index (χ1v) is 12.5. The Labute approximate surface area is 201 Å². The van der Waals surface area contributed by atoms with E-state index >= 15 is 0 Å². The summed E-state index contributed by atoms with van der Waals surface area (Å²) in [6.45, 7) is 4.93. The number of amides is 2. The Balaban J connectivity index is 2.46. The zero-order valence-corrected chi connectivity index (χ0v) is 21.0. The predicted octanol–water partition coefficient (Wildman–Crippen LogP) is 2.77. The number of anilines is 1. The van der Waals surface area contributed by atoms with Crippen molar-refractivity contribution in [2.24, 2.45) is 0 Å². The molecule has 0 fully saturated rings. The van der Waals surface area contributed by atoms with Gasteiger partial charge in [-0.15, -0.1) is 0 Å². The molecular weight excluding hydrogens is 459 g/mol. The molecule has 0 unspecified atom stereocenters. The van der Waals surface area contributed by atoms with E-state index in [2.05, 4.69) is 5.32 Å². The lowest BCUT2D eigenvalue weighted by molar-refractivity contribution is -0.140. The number of carbonyl (C=O) groups excluding carboxylic acids is 2. The number of nitrogens with one attached hydrogen (secondary N) is 1. The first-order valence-electron chi connectivity index (χ1n) is 11.1. The van der Waals surface area contributed by atoms with E-state index in [1.54, 1.807) is 37.3 Å². The summed E-state index contributed by atoms with van der Waals surface area (Å²) in [5.74, 6) is -1.31. The van der Waals surface area contributed by atoms with E-state index in [1.165, 1.54) is 43.3 Å². The van der Waals surface area contributed by atoms with Gasteiger partial charge in [0.1, 0.15) is 18.4 Å². The van der Waals surface area contributed by atoms with Crippen LogP contribution in [-0.4, -0.2) is 62.2 Å². The minimum Gasteiger partial charge on any atom is -0.352 e. The van der Waals surface area contributed by atoms with Gasteiger partial charge in [0.05, 0.1) is 5.69 Å². The highest BCUT2D eigenvalue weighted by Crippen LogP contribution is 2.21. The van der Waals surface area contributed by atoms with Crippen molar-refractivity contribution in [2.45, 2.75) is 45.8 Å². The Kier molecular flexibility index (Phi) is 9.57. The van der Waals surface area contributed by atoms with Crippen LogP contribution in [0.3, 0.4) is 0 Å². The van der Waals surface area contributed by atoms with Crippen LogP contribution >= 0.6 is 0 Å². The van der Waals surface area contributed by atoms with Crippen LogP contribution in [0, 0.1) is 5.82 Å². The molecule has 0 aliphatic carbocycles. The molecule has 186 valence electrons. The molecule has 0 saturated carbocycles. The lowest BCUT2D eigenvalue weighted by atomic mass is 10.1. The van der Waals surface area contributed by atoms with Crippen LogP contribution in [0.4, 0.5) is 10.1 Å². The van der Waals surface area contributed by atoms with Gasteiger partial charge in [-0.2, -0.15) is 12.7 Å². The highest BCUT2D eigenvalue weighted by molar-refractivity contribution is 7.90. The van der Waals surface area contributed by atoms with E-state index in [4.69, 9.17) is 0 Å². The third-order valence-electron chi connectivity index (χ3n) is 5.15. The Morgan fingerprint density at radius 3 is 2.09 bits per heavy atom. The molecule has 0 bridgehead atoms. The van der Waals surface area contributed by atoms with Gasteiger partial charge < -0.3 is 10.2 Å². The molecule has 2 rings (SSSR count). The number of nitrogens with zero attached hydrogens (tertiary/aromatic N) is 3. The molecule has 0 aliphatic rings. The van der Waals surface area contributed by atoms with Gasteiger partial charge in [0, 0.05) is 26.7 Å². The molecule has 0 heterocycles. The molecule has 8 nitrogen and oxygen atoms in total. The molecule has 2 aromatic carbocycles. The van der Waals surface area contributed by atoms with Crippen LogP contribution in [-0.2, 0) is 26.3 Å². The van der Waals surface area contributed by atoms with E-state index < -0.39 is 34.5 Å². The summed E-state index contributed by atoms with van der Waals surface area (Å²) in [4.78, 5) is 27.9. The van der Waals surface area contributed by atoms with E-state index in [0.717, 1.165) is 8.61 Å². The largest absolute Gasteiger partial charge is 0.352 e. The summed E-state index contributed by atoms with van der Waals surface area (Å²) in [7, 11) is -1.23. The molecule has 0 aliphatic heterocycles. The first-order chi connectivity index (χ1) is 16.0. The SMILES string of the molecule is CC[C@@H](C(=O)NC(C)C)N(Cc1ccc(F)cc1)C(=O)CN(c1ccccc1)S(=O)(=O)N(C)C. The number of rotatable bonds is 11. The van der Waals surface area contributed by atoms with Crippen LogP contribution in [0.2, 0.25) is 0 Å². The molecule has 1 N–H and O–H groups in total. The van der Waals surface area contributed by atoms with Gasteiger partial charge in [-0.05, 0) is 50.1 Å². The Hall–Kier alpha value is -2.98. The molecule has 0 radical (unpaired) electrons. The fourth-order valence-electron chi connectivity index (χ4n) is 3.40. The van der Waals surface area contributed by atoms with Crippen LogP contribution in [0.5, 0.6) is 0 Å². The second-order valence-electron chi connectivity index (χ2n) is 8.37. The van der Waals surface area contributed by atoms with Crippen molar-refractivity contribution in [3.8, 4) is 0 Å². The average Bonchev–Trinajstić information content (AvgIpc) is 2.78. The van der Waals surface area contributed by atoms with Crippen LogP contribution in [0.25, 0.3) is 0 Å². The third-order valence-corrected chi connectivity index (χ3v) is 6.97. The number of para-hydroxylation sites is 1. The van der Waals surface area contributed by atoms with Crippen LogP contribution < -0.4 is 9.62 Å². The summed E-state index contributed by atoms with van der Waals surface area (Å²) in [5, 5.41) is 2.82. The standard InChI is InChI=1S/C24H33FN4O4S/c1-6-22(24(31)26-18(2)3)28(16-19-12-14-20(25)15-13-19)23(30)17-29(34(32,33)27(4)5)21-10-8-7-9-11-21/h7-15,18,22H,6,16-17H2,1-5H3,(H,26,31)/t22-/m0/s1. The smallest absolute Gasteiger partial charge is 0.304 e. The number of hydrogen-bond acceptors (Lipinski definition) is 4. The van der Waals surface area contributed by atoms with E-state index in [1.807, 2.05) is 13.8 Å². The Morgan fingerprint density at radius 1 is 1.00 bits per heavy atom. The summed E-state index contributed by atoms with van der Waals surface area (Å²) in [5.41, 5.74) is 0.943. The van der Waals surface area contributed by atoms with Crippen LogP contribution in [0.1, 0.15) is 32.8 Å². The van der Waals surface area contributed by atoms with Gasteiger partial charge in [-0.25, -0.2) is 8.70 Å². The van der Waals surface area contributed by atoms with Gasteiger partial charge in [-0.3, -0.25) is 9.59 Å². The normalized spacial score (nSPS) is 12.5. The summed E-state index contributed by atoms with van der Waals surface area (Å²) in [6.07, 6.45) is 0.317. The van der Waals surface area contributed by atoms with E-state index in [-0.39, 0.29) is 18.5 Å². The maximum absolute atomic E-state index is 13.6. The second-order valence-corrected chi connectivity index (χ2v) is 10.4. The highest BCUT2D eigenvalue weighted by atomic mass is 32.2. The molecule has 1 atom stereocenters. The summed E-state index contributed by atoms with van der Waals surface area (Å²) >= 11 is 0. The molecule has 2 aromatic rings. The summed E-state index contributed by atoms with van der Waals surface area (Å²) < 4.78 is 41.6. The molecular formula is C24H33FN4O4S. The number of hydrogen-bond donors (Lipinski definition) is 1. The molecule has 10 heteroatoms. The van der Waals surface area contributed by atoms with E-state index in [0.29, 0.717) is 17.7 Å². The average molecular weight is 493 g/mol. The van der Waals surface area contributed by atoms with Gasteiger partial charge >= 0.3 is 10.2 Å². The predicted molar refractivity (Wildman–Crippen MR) is 131 cm³/mol. The molecule has 34 heavy (non-hydrogen) atoms. The summed E-state index contributed by atoms with van der Waals surface area (Å²) in [6, 6.07) is 13.0. The monoisotopic (exact) mass is 492 g/mol. The quantitative estimate of drug-likeness (QED) is 0.522. The molecule has 0 spiro atoms. The van der Waals surface area contributed by atoms with Crippen molar-refractivity contribution in [1.82, 2.24) is 14.5 Å². The minimum atomic E-state index is -4.00. The van der Waals surface area contributed by atoms with Gasteiger partial charge in [-0.1, -0.05) is 37.3 Å². The van der Waals surface area contributed by atoms with Crippen molar-refractivity contribution < 1.29 is 22.4 Å². The van der Waals surface area contributed by atoms with Crippen molar-refractivity contribution in [1.29, 1.82) is 0 Å². The van der Waals surface area contributed by atoms with Gasteiger partial charge in [0.15, 0.2) is 0 Å².